The molecule has 3 aromatic rings. The molecular weight excluding hydrogens is 445 g/mol. The molecule has 2 fully saturated rings. The zero-order chi connectivity index (χ0) is 24.1. The summed E-state index contributed by atoms with van der Waals surface area (Å²) in [5.74, 6) is 0.266. The number of halogens is 1. The van der Waals surface area contributed by atoms with Gasteiger partial charge in [0.2, 0.25) is 5.91 Å². The summed E-state index contributed by atoms with van der Waals surface area (Å²) in [6, 6.07) is 6.99. The van der Waals surface area contributed by atoms with Crippen molar-refractivity contribution in [2.75, 3.05) is 44.7 Å². The first-order chi connectivity index (χ1) is 17.0. The number of hydrogen-bond donors (Lipinski definition) is 2. The fraction of sp³-hybridized carbons (Fsp3) is 0.481. The molecule has 0 spiro atoms. The van der Waals surface area contributed by atoms with E-state index in [1.54, 1.807) is 12.3 Å². The first-order valence-electron chi connectivity index (χ1n) is 12.7. The Morgan fingerprint density at radius 2 is 2.00 bits per heavy atom. The molecule has 1 aromatic carbocycles. The summed E-state index contributed by atoms with van der Waals surface area (Å²) in [6.07, 6.45) is 5.61. The maximum Gasteiger partial charge on any atom is 0.237 e. The minimum Gasteiger partial charge on any atom is -0.394 e. The summed E-state index contributed by atoms with van der Waals surface area (Å²) in [4.78, 5) is 27.4. The third kappa shape index (κ3) is 3.89. The van der Waals surface area contributed by atoms with Crippen LogP contribution in [-0.4, -0.2) is 76.7 Å². The molecule has 184 valence electrons. The van der Waals surface area contributed by atoms with E-state index in [0.29, 0.717) is 12.5 Å². The van der Waals surface area contributed by atoms with Crippen LogP contribution in [0.4, 0.5) is 10.1 Å². The van der Waals surface area contributed by atoms with Crippen LogP contribution < -0.4 is 4.90 Å². The predicted molar refractivity (Wildman–Crippen MR) is 134 cm³/mol. The van der Waals surface area contributed by atoms with E-state index in [1.807, 2.05) is 17.0 Å². The number of aliphatic hydroxyl groups excluding tert-OH is 1. The van der Waals surface area contributed by atoms with E-state index in [-0.39, 0.29) is 24.4 Å². The Kier molecular flexibility index (Phi) is 5.73. The predicted octanol–water partition coefficient (Wildman–Crippen LogP) is 3.48. The molecule has 8 heteroatoms. The molecule has 3 aliphatic heterocycles. The zero-order valence-electron chi connectivity index (χ0n) is 20.1. The van der Waals surface area contributed by atoms with Crippen LogP contribution in [-0.2, 0) is 11.3 Å². The van der Waals surface area contributed by atoms with Crippen LogP contribution >= 0.6 is 0 Å². The Balaban J connectivity index is 1.24. The van der Waals surface area contributed by atoms with Gasteiger partial charge in [0, 0.05) is 60.1 Å². The van der Waals surface area contributed by atoms with Crippen molar-refractivity contribution in [1.29, 1.82) is 0 Å². The van der Waals surface area contributed by atoms with E-state index in [2.05, 4.69) is 26.8 Å². The van der Waals surface area contributed by atoms with Gasteiger partial charge in [-0.1, -0.05) is 0 Å². The lowest BCUT2D eigenvalue weighted by atomic mass is 9.90. The fourth-order valence-corrected chi connectivity index (χ4v) is 6.33. The number of piperidine rings is 1. The Labute approximate surface area is 204 Å². The lowest BCUT2D eigenvalue weighted by Gasteiger charge is -2.33. The van der Waals surface area contributed by atoms with Crippen molar-refractivity contribution in [2.45, 2.75) is 44.2 Å². The van der Waals surface area contributed by atoms with Crippen molar-refractivity contribution in [3.63, 3.8) is 0 Å². The number of aliphatic hydroxyl groups is 1. The van der Waals surface area contributed by atoms with Crippen LogP contribution in [0.1, 0.15) is 42.9 Å². The van der Waals surface area contributed by atoms with Gasteiger partial charge in [0.05, 0.1) is 19.2 Å². The van der Waals surface area contributed by atoms with Gasteiger partial charge in [0.1, 0.15) is 11.5 Å². The lowest BCUT2D eigenvalue weighted by molar-refractivity contribution is -0.134. The molecule has 35 heavy (non-hydrogen) atoms. The summed E-state index contributed by atoms with van der Waals surface area (Å²) in [5, 5.41) is 10.7. The minimum atomic E-state index is -0.234. The first-order valence-corrected chi connectivity index (χ1v) is 12.7. The number of benzene rings is 1. The average molecular weight is 478 g/mol. The van der Waals surface area contributed by atoms with E-state index in [1.165, 1.54) is 17.3 Å². The standard InChI is InChI=1S/C27H32FN5O2/c1-31-14-22-25-20(21-13-18(28)4-5-23(21)31)6-9-29-27(25)30-26(22)17-7-11-32(12-8-17)15-24(35)33-10-2-3-19(33)16-34/h4-6,9,13,17,19,34H,2-3,7-8,10-12,14-16H2,1H3,(H,29,30)/t19-/m0/s1. The molecular formula is C27H32FN5O2. The Morgan fingerprint density at radius 1 is 1.17 bits per heavy atom. The normalized spacial score (nSPS) is 20.9. The highest BCUT2D eigenvalue weighted by Crippen LogP contribution is 2.44. The van der Waals surface area contributed by atoms with E-state index in [0.717, 1.165) is 79.7 Å². The van der Waals surface area contributed by atoms with Gasteiger partial charge in [-0.15, -0.1) is 0 Å². The number of rotatable bonds is 4. The van der Waals surface area contributed by atoms with Gasteiger partial charge in [0.15, 0.2) is 0 Å². The maximum absolute atomic E-state index is 14.2. The van der Waals surface area contributed by atoms with Crippen LogP contribution in [0.2, 0.25) is 0 Å². The van der Waals surface area contributed by atoms with Crippen molar-refractivity contribution in [3.05, 3.63) is 47.5 Å². The lowest BCUT2D eigenvalue weighted by Crippen LogP contribution is -2.45. The molecule has 3 aliphatic rings. The highest BCUT2D eigenvalue weighted by molar-refractivity contribution is 6.01. The number of aromatic amines is 1. The van der Waals surface area contributed by atoms with E-state index in [9.17, 15) is 14.3 Å². The molecule has 1 amide bonds. The quantitative estimate of drug-likeness (QED) is 0.602. The summed E-state index contributed by atoms with van der Waals surface area (Å²) in [7, 11) is 2.06. The number of pyridine rings is 1. The third-order valence-corrected chi connectivity index (χ3v) is 8.15. The molecule has 6 rings (SSSR count). The van der Waals surface area contributed by atoms with E-state index in [4.69, 9.17) is 0 Å². The largest absolute Gasteiger partial charge is 0.394 e. The fourth-order valence-electron chi connectivity index (χ4n) is 6.33. The number of amides is 1. The smallest absolute Gasteiger partial charge is 0.237 e. The van der Waals surface area contributed by atoms with Gasteiger partial charge in [-0.25, -0.2) is 9.37 Å². The SMILES string of the molecule is CN1Cc2c(C3CCN(CC(=O)N4CCC[C@H]4CO)CC3)[nH]c3nccc(c23)-c2cc(F)ccc21. The molecule has 0 bridgehead atoms. The van der Waals surface area contributed by atoms with Crippen molar-refractivity contribution >= 4 is 22.6 Å². The van der Waals surface area contributed by atoms with E-state index < -0.39 is 0 Å². The van der Waals surface area contributed by atoms with Gasteiger partial charge >= 0.3 is 0 Å². The van der Waals surface area contributed by atoms with Crippen LogP contribution in [0.5, 0.6) is 0 Å². The number of likely N-dealkylation sites (tertiary alicyclic amines) is 2. The van der Waals surface area contributed by atoms with Gasteiger partial charge in [-0.05, 0) is 68.6 Å². The molecule has 7 nitrogen and oxygen atoms in total. The van der Waals surface area contributed by atoms with Crippen LogP contribution in [0.25, 0.3) is 22.2 Å². The molecule has 5 heterocycles. The Hall–Kier alpha value is -2.97. The highest BCUT2D eigenvalue weighted by atomic mass is 19.1. The number of hydrogen-bond acceptors (Lipinski definition) is 5. The summed E-state index contributed by atoms with van der Waals surface area (Å²) in [6.45, 7) is 3.71. The number of carbonyl (C=O) groups is 1. The molecule has 2 saturated heterocycles. The van der Waals surface area contributed by atoms with Crippen molar-refractivity contribution in [1.82, 2.24) is 19.8 Å². The minimum absolute atomic E-state index is 0.0142. The summed E-state index contributed by atoms with van der Waals surface area (Å²) < 4.78 is 14.2. The molecule has 2 N–H and O–H groups in total. The van der Waals surface area contributed by atoms with Crippen molar-refractivity contribution in [3.8, 4) is 11.1 Å². The topological polar surface area (TPSA) is 75.7 Å². The molecule has 0 saturated carbocycles. The first kappa shape index (κ1) is 22.5. The molecule has 0 radical (unpaired) electrons. The average Bonchev–Trinajstić information content (AvgIpc) is 3.46. The molecule has 2 aromatic heterocycles. The van der Waals surface area contributed by atoms with Gasteiger partial charge in [-0.3, -0.25) is 9.69 Å². The maximum atomic E-state index is 14.2. The second kappa shape index (κ2) is 8.91. The Morgan fingerprint density at radius 3 is 2.80 bits per heavy atom. The number of nitrogens with one attached hydrogen (secondary N) is 1. The van der Waals surface area contributed by atoms with Gasteiger partial charge < -0.3 is 19.9 Å². The van der Waals surface area contributed by atoms with Crippen molar-refractivity contribution < 1.29 is 14.3 Å². The second-order valence-electron chi connectivity index (χ2n) is 10.2. The zero-order valence-corrected chi connectivity index (χ0v) is 20.1. The van der Waals surface area contributed by atoms with Crippen LogP contribution in [0.15, 0.2) is 30.5 Å². The molecule has 1 atom stereocenters. The number of H-pyrrole nitrogens is 1. The highest BCUT2D eigenvalue weighted by Gasteiger charge is 2.32. The van der Waals surface area contributed by atoms with Crippen molar-refractivity contribution in [2.24, 2.45) is 0 Å². The van der Waals surface area contributed by atoms with Crippen LogP contribution in [0.3, 0.4) is 0 Å². The second-order valence-corrected chi connectivity index (χ2v) is 10.2. The number of nitrogens with zero attached hydrogens (tertiary/aromatic N) is 4. The summed E-state index contributed by atoms with van der Waals surface area (Å²) >= 11 is 0. The number of aromatic nitrogens is 2. The summed E-state index contributed by atoms with van der Waals surface area (Å²) in [5.41, 5.74) is 6.29. The number of anilines is 1. The monoisotopic (exact) mass is 477 g/mol. The Bertz CT molecular complexity index is 1270. The van der Waals surface area contributed by atoms with Gasteiger partial charge in [0.25, 0.3) is 0 Å². The van der Waals surface area contributed by atoms with E-state index >= 15 is 0 Å². The van der Waals surface area contributed by atoms with Gasteiger partial charge in [-0.2, -0.15) is 0 Å². The number of fused-ring (bicyclic) bond motifs is 2. The third-order valence-electron chi connectivity index (χ3n) is 8.15. The molecule has 0 aliphatic carbocycles. The molecule has 0 unspecified atom stereocenters. The van der Waals surface area contributed by atoms with Crippen LogP contribution in [0, 0.1) is 5.82 Å². The number of carbonyl (C=O) groups excluding carboxylic acids is 1.